The predicted octanol–water partition coefficient (Wildman–Crippen LogP) is 4.29. The van der Waals surface area contributed by atoms with Gasteiger partial charge in [0.1, 0.15) is 12.1 Å². The number of hydrogen-bond acceptors (Lipinski definition) is 5. The molecule has 0 radical (unpaired) electrons. The monoisotopic (exact) mass is 414 g/mol. The molecule has 6 nitrogen and oxygen atoms in total. The zero-order valence-electron chi connectivity index (χ0n) is 17.8. The maximum absolute atomic E-state index is 13.0. The number of ether oxygens (including phenoxy) is 1. The zero-order chi connectivity index (χ0) is 21.3. The number of esters is 1. The Balaban J connectivity index is 1.65. The SMILES string of the molecule is CC(NC(C(=O)OC1CCCC1)C1CCCCC1)c1ccc(/C=C/C(=O)NO)cc1. The summed E-state index contributed by atoms with van der Waals surface area (Å²) in [7, 11) is 0. The second-order valence-corrected chi connectivity index (χ2v) is 8.58. The fourth-order valence-corrected chi connectivity index (χ4v) is 4.58. The first-order chi connectivity index (χ1) is 14.6. The summed E-state index contributed by atoms with van der Waals surface area (Å²) in [6.07, 6.45) is 13.0. The highest BCUT2D eigenvalue weighted by Crippen LogP contribution is 2.30. The van der Waals surface area contributed by atoms with E-state index in [1.165, 1.54) is 25.3 Å². The fraction of sp³-hybridized carbons (Fsp3) is 0.583. The molecule has 1 aromatic carbocycles. The van der Waals surface area contributed by atoms with Crippen molar-refractivity contribution in [2.45, 2.75) is 82.9 Å². The standard InChI is InChI=1S/C24H34N2O4/c1-17(19-14-11-18(12-15-19)13-16-22(27)26-29)25-23(20-7-3-2-4-8-20)24(28)30-21-9-5-6-10-21/h11-17,20-21,23,25,29H,2-10H2,1H3,(H,26,27)/b16-13+. The van der Waals surface area contributed by atoms with E-state index in [-0.39, 0.29) is 24.2 Å². The van der Waals surface area contributed by atoms with E-state index in [9.17, 15) is 9.59 Å². The third-order valence-electron chi connectivity index (χ3n) is 6.36. The van der Waals surface area contributed by atoms with Crippen LogP contribution in [0.5, 0.6) is 0 Å². The van der Waals surface area contributed by atoms with Gasteiger partial charge in [-0.25, -0.2) is 5.48 Å². The normalized spacial score (nSPS) is 20.2. The van der Waals surface area contributed by atoms with Gasteiger partial charge in [0.2, 0.25) is 0 Å². The highest BCUT2D eigenvalue weighted by Gasteiger charge is 2.33. The summed E-state index contributed by atoms with van der Waals surface area (Å²) in [6.45, 7) is 2.07. The molecule has 2 atom stereocenters. The predicted molar refractivity (Wildman–Crippen MR) is 116 cm³/mol. The van der Waals surface area contributed by atoms with E-state index in [0.717, 1.165) is 49.7 Å². The first-order valence-corrected chi connectivity index (χ1v) is 11.3. The van der Waals surface area contributed by atoms with E-state index in [1.54, 1.807) is 11.6 Å². The minimum atomic E-state index is -0.565. The van der Waals surface area contributed by atoms with E-state index < -0.39 is 5.91 Å². The average Bonchev–Trinajstić information content (AvgIpc) is 3.29. The molecule has 0 heterocycles. The van der Waals surface area contributed by atoms with E-state index in [1.807, 2.05) is 24.3 Å². The molecule has 2 unspecified atom stereocenters. The number of hydrogen-bond donors (Lipinski definition) is 3. The Morgan fingerprint density at radius 2 is 1.67 bits per heavy atom. The second-order valence-electron chi connectivity index (χ2n) is 8.58. The van der Waals surface area contributed by atoms with E-state index in [4.69, 9.17) is 9.94 Å². The van der Waals surface area contributed by atoms with E-state index in [2.05, 4.69) is 12.2 Å². The quantitative estimate of drug-likeness (QED) is 0.256. The lowest BCUT2D eigenvalue weighted by molar-refractivity contribution is -0.153. The number of nitrogens with one attached hydrogen (secondary N) is 2. The van der Waals surface area contributed by atoms with Gasteiger partial charge in [-0.3, -0.25) is 20.1 Å². The lowest BCUT2D eigenvalue weighted by Crippen LogP contribution is -2.46. The molecule has 3 rings (SSSR count). The molecule has 0 bridgehead atoms. The van der Waals surface area contributed by atoms with Gasteiger partial charge in [-0.05, 0) is 68.6 Å². The van der Waals surface area contributed by atoms with Crippen LogP contribution in [0.3, 0.4) is 0 Å². The number of rotatable bonds is 8. The summed E-state index contributed by atoms with van der Waals surface area (Å²) in [5.41, 5.74) is 3.51. The molecule has 0 spiro atoms. The van der Waals surface area contributed by atoms with Crippen molar-refractivity contribution in [3.8, 4) is 0 Å². The topological polar surface area (TPSA) is 87.7 Å². The Morgan fingerprint density at radius 1 is 1.03 bits per heavy atom. The van der Waals surface area contributed by atoms with Crippen molar-refractivity contribution in [1.82, 2.24) is 10.8 Å². The molecule has 0 saturated heterocycles. The summed E-state index contributed by atoms with van der Waals surface area (Å²) in [6, 6.07) is 7.56. The Bertz CT molecular complexity index is 719. The van der Waals surface area contributed by atoms with Gasteiger partial charge in [0.25, 0.3) is 5.91 Å². The highest BCUT2D eigenvalue weighted by molar-refractivity contribution is 5.90. The Labute approximate surface area is 179 Å². The lowest BCUT2D eigenvalue weighted by Gasteiger charge is -2.32. The number of carbonyl (C=O) groups is 2. The van der Waals surface area contributed by atoms with Crippen LogP contribution in [0.25, 0.3) is 6.08 Å². The van der Waals surface area contributed by atoms with Crippen LogP contribution < -0.4 is 10.8 Å². The van der Waals surface area contributed by atoms with Gasteiger partial charge in [0.05, 0.1) is 0 Å². The molecular weight excluding hydrogens is 380 g/mol. The maximum Gasteiger partial charge on any atom is 0.323 e. The molecule has 164 valence electrons. The third kappa shape index (κ3) is 6.41. The number of hydroxylamine groups is 1. The van der Waals surface area contributed by atoms with Crippen molar-refractivity contribution in [1.29, 1.82) is 0 Å². The molecular formula is C24H34N2O4. The Kier molecular flexibility index (Phi) is 8.46. The highest BCUT2D eigenvalue weighted by atomic mass is 16.5. The molecule has 2 saturated carbocycles. The van der Waals surface area contributed by atoms with Crippen LogP contribution in [0.2, 0.25) is 0 Å². The van der Waals surface area contributed by atoms with Crippen LogP contribution in [0, 0.1) is 5.92 Å². The number of amides is 1. The van der Waals surface area contributed by atoms with Crippen LogP contribution in [-0.2, 0) is 14.3 Å². The zero-order valence-corrected chi connectivity index (χ0v) is 17.8. The lowest BCUT2D eigenvalue weighted by atomic mass is 9.83. The van der Waals surface area contributed by atoms with Crippen LogP contribution in [0.4, 0.5) is 0 Å². The van der Waals surface area contributed by atoms with Crippen molar-refractivity contribution in [3.63, 3.8) is 0 Å². The molecule has 2 aliphatic rings. The van der Waals surface area contributed by atoms with E-state index in [0.29, 0.717) is 5.92 Å². The molecule has 1 amide bonds. The van der Waals surface area contributed by atoms with Crippen LogP contribution >= 0.6 is 0 Å². The minimum Gasteiger partial charge on any atom is -0.461 e. The van der Waals surface area contributed by atoms with Crippen molar-refractivity contribution >= 4 is 18.0 Å². The van der Waals surface area contributed by atoms with Crippen molar-refractivity contribution in [3.05, 3.63) is 41.5 Å². The van der Waals surface area contributed by atoms with Crippen molar-refractivity contribution < 1.29 is 19.5 Å². The summed E-state index contributed by atoms with van der Waals surface area (Å²) in [5.74, 6) is -0.324. The molecule has 2 aliphatic carbocycles. The molecule has 3 N–H and O–H groups in total. The van der Waals surface area contributed by atoms with Gasteiger partial charge in [0.15, 0.2) is 0 Å². The average molecular weight is 415 g/mol. The summed E-state index contributed by atoms with van der Waals surface area (Å²) >= 11 is 0. The number of benzene rings is 1. The Morgan fingerprint density at radius 3 is 2.30 bits per heavy atom. The first-order valence-electron chi connectivity index (χ1n) is 11.3. The Hall–Kier alpha value is -2.18. The second kappa shape index (κ2) is 11.3. The van der Waals surface area contributed by atoms with Gasteiger partial charge in [-0.2, -0.15) is 0 Å². The van der Waals surface area contributed by atoms with Gasteiger partial charge in [0, 0.05) is 12.1 Å². The summed E-state index contributed by atoms with van der Waals surface area (Å²) < 4.78 is 5.88. The van der Waals surface area contributed by atoms with Crippen molar-refractivity contribution in [2.24, 2.45) is 5.92 Å². The van der Waals surface area contributed by atoms with Crippen LogP contribution in [0.15, 0.2) is 30.3 Å². The molecule has 0 aliphatic heterocycles. The summed E-state index contributed by atoms with van der Waals surface area (Å²) in [4.78, 5) is 24.2. The van der Waals surface area contributed by atoms with Gasteiger partial charge < -0.3 is 4.74 Å². The third-order valence-corrected chi connectivity index (χ3v) is 6.36. The molecule has 0 aromatic heterocycles. The minimum absolute atomic E-state index is 0.00632. The largest absolute Gasteiger partial charge is 0.461 e. The summed E-state index contributed by atoms with van der Waals surface area (Å²) in [5, 5.41) is 12.1. The van der Waals surface area contributed by atoms with Crippen LogP contribution in [-0.4, -0.2) is 29.2 Å². The van der Waals surface area contributed by atoms with Crippen molar-refractivity contribution in [2.75, 3.05) is 0 Å². The fourth-order valence-electron chi connectivity index (χ4n) is 4.58. The van der Waals surface area contributed by atoms with E-state index >= 15 is 0 Å². The molecule has 2 fully saturated rings. The molecule has 30 heavy (non-hydrogen) atoms. The number of carbonyl (C=O) groups excluding carboxylic acids is 2. The van der Waals surface area contributed by atoms with Gasteiger partial charge in [-0.15, -0.1) is 0 Å². The first kappa shape index (κ1) is 22.5. The smallest absolute Gasteiger partial charge is 0.323 e. The maximum atomic E-state index is 13.0. The van der Waals surface area contributed by atoms with Gasteiger partial charge in [-0.1, -0.05) is 43.5 Å². The molecule has 6 heteroatoms. The van der Waals surface area contributed by atoms with Crippen LogP contribution in [0.1, 0.15) is 81.9 Å². The molecule has 1 aromatic rings. The van der Waals surface area contributed by atoms with Gasteiger partial charge >= 0.3 is 5.97 Å².